The molecule has 1 fully saturated rings. The molecule has 1 atom stereocenters. The third-order valence-electron chi connectivity index (χ3n) is 3.26. The Hall–Kier alpha value is -1.29. The number of hydrogen-bond donors (Lipinski definition) is 0. The van der Waals surface area contributed by atoms with Gasteiger partial charge >= 0.3 is 0 Å². The van der Waals surface area contributed by atoms with Crippen molar-refractivity contribution in [3.05, 3.63) is 29.3 Å². The maximum absolute atomic E-state index is 12.2. The first-order valence-electron chi connectivity index (χ1n) is 5.73. The molecule has 0 radical (unpaired) electrons. The Bertz CT molecular complexity index is 524. The minimum atomic E-state index is 0.0277. The molecule has 1 unspecified atom stereocenters. The summed E-state index contributed by atoms with van der Waals surface area (Å²) in [6.07, 6.45) is 0. The number of hydrazone groups is 1. The largest absolute Gasteiger partial charge is 0.272 e. The van der Waals surface area contributed by atoms with E-state index in [9.17, 15) is 4.79 Å². The average Bonchev–Trinajstić information content (AvgIpc) is 2.86. The molecule has 88 valence electrons. The zero-order chi connectivity index (χ0) is 12.0. The smallest absolute Gasteiger partial charge is 0.257 e. The maximum Gasteiger partial charge on any atom is 0.257 e. The second kappa shape index (κ2) is 3.88. The van der Waals surface area contributed by atoms with E-state index < -0.39 is 0 Å². The lowest BCUT2D eigenvalue weighted by Crippen LogP contribution is -2.27. The molecule has 4 heteroatoms. The van der Waals surface area contributed by atoms with E-state index in [1.54, 1.807) is 16.8 Å². The third-order valence-corrected chi connectivity index (χ3v) is 4.33. The van der Waals surface area contributed by atoms with E-state index in [4.69, 9.17) is 0 Å². The number of nitrogens with zero attached hydrogens (tertiary/aromatic N) is 2. The molecule has 0 spiro atoms. The molecule has 1 aromatic carbocycles. The van der Waals surface area contributed by atoms with E-state index in [2.05, 4.69) is 11.2 Å². The minimum Gasteiger partial charge on any atom is -0.272 e. The SMILES string of the molecule is Cc1ccc(C)c(N2N=C3CSCC3C2=O)c1. The molecule has 0 aromatic heterocycles. The van der Waals surface area contributed by atoms with Gasteiger partial charge in [0.25, 0.3) is 5.91 Å². The number of aryl methyl sites for hydroxylation is 2. The molecule has 2 aliphatic heterocycles. The zero-order valence-electron chi connectivity index (χ0n) is 9.93. The Morgan fingerprint density at radius 3 is 3.00 bits per heavy atom. The number of rotatable bonds is 1. The topological polar surface area (TPSA) is 32.7 Å². The molecule has 1 saturated heterocycles. The Labute approximate surface area is 105 Å². The molecular weight excluding hydrogens is 232 g/mol. The molecule has 0 aliphatic carbocycles. The number of carbonyl (C=O) groups excluding carboxylic acids is 1. The van der Waals surface area contributed by atoms with Crippen LogP contribution in [0.4, 0.5) is 5.69 Å². The second-order valence-corrected chi connectivity index (χ2v) is 5.63. The first-order valence-corrected chi connectivity index (χ1v) is 6.88. The number of fused-ring (bicyclic) bond motifs is 1. The van der Waals surface area contributed by atoms with Crippen LogP contribution in [0.5, 0.6) is 0 Å². The van der Waals surface area contributed by atoms with Crippen molar-refractivity contribution in [3.8, 4) is 0 Å². The Kier molecular flexibility index (Phi) is 2.47. The molecule has 2 aliphatic rings. The van der Waals surface area contributed by atoms with Gasteiger partial charge in [-0.2, -0.15) is 21.9 Å². The quantitative estimate of drug-likeness (QED) is 0.762. The lowest BCUT2D eigenvalue weighted by Gasteiger charge is -2.16. The normalized spacial score (nSPS) is 22.9. The summed E-state index contributed by atoms with van der Waals surface area (Å²) in [6.45, 7) is 4.05. The van der Waals surface area contributed by atoms with Gasteiger partial charge in [-0.1, -0.05) is 12.1 Å². The van der Waals surface area contributed by atoms with Crippen LogP contribution in [0, 0.1) is 19.8 Å². The maximum atomic E-state index is 12.2. The van der Waals surface area contributed by atoms with Crippen LogP contribution in [0.3, 0.4) is 0 Å². The summed E-state index contributed by atoms with van der Waals surface area (Å²) in [4.78, 5) is 12.2. The number of amides is 1. The van der Waals surface area contributed by atoms with Gasteiger partial charge in [-0.25, -0.2) is 0 Å². The molecule has 1 amide bonds. The highest BCUT2D eigenvalue weighted by molar-refractivity contribution is 8.00. The molecule has 0 N–H and O–H groups in total. The fourth-order valence-corrected chi connectivity index (χ4v) is 3.39. The molecule has 3 nitrogen and oxygen atoms in total. The molecule has 1 aromatic rings. The zero-order valence-corrected chi connectivity index (χ0v) is 10.8. The highest BCUT2D eigenvalue weighted by Gasteiger charge is 2.40. The number of anilines is 1. The van der Waals surface area contributed by atoms with Crippen molar-refractivity contribution in [1.82, 2.24) is 0 Å². The molecule has 0 saturated carbocycles. The number of thioether (sulfide) groups is 1. The van der Waals surface area contributed by atoms with Gasteiger partial charge in [0.05, 0.1) is 17.3 Å². The average molecular weight is 246 g/mol. The Morgan fingerprint density at radius 2 is 2.24 bits per heavy atom. The van der Waals surface area contributed by atoms with Crippen LogP contribution in [-0.4, -0.2) is 23.1 Å². The van der Waals surface area contributed by atoms with E-state index in [1.165, 1.54) is 0 Å². The van der Waals surface area contributed by atoms with Crippen molar-refractivity contribution in [3.63, 3.8) is 0 Å². The predicted molar refractivity (Wildman–Crippen MR) is 71.7 cm³/mol. The van der Waals surface area contributed by atoms with Crippen molar-refractivity contribution >= 4 is 29.1 Å². The fraction of sp³-hybridized carbons (Fsp3) is 0.385. The van der Waals surface area contributed by atoms with Gasteiger partial charge in [0.2, 0.25) is 0 Å². The highest BCUT2D eigenvalue weighted by atomic mass is 32.2. The second-order valence-electron chi connectivity index (χ2n) is 4.60. The van der Waals surface area contributed by atoms with E-state index in [1.807, 2.05) is 26.0 Å². The number of carbonyl (C=O) groups is 1. The number of hydrogen-bond acceptors (Lipinski definition) is 3. The summed E-state index contributed by atoms with van der Waals surface area (Å²) < 4.78 is 0. The van der Waals surface area contributed by atoms with Gasteiger partial charge in [0.1, 0.15) is 0 Å². The van der Waals surface area contributed by atoms with Gasteiger partial charge in [0.15, 0.2) is 0 Å². The third kappa shape index (κ3) is 1.67. The Morgan fingerprint density at radius 1 is 1.41 bits per heavy atom. The van der Waals surface area contributed by atoms with Crippen LogP contribution >= 0.6 is 11.8 Å². The molecule has 3 rings (SSSR count). The summed E-state index contributed by atoms with van der Waals surface area (Å²) in [5.41, 5.74) is 4.23. The van der Waals surface area contributed by atoms with Crippen molar-refractivity contribution in [2.24, 2.45) is 11.0 Å². The van der Waals surface area contributed by atoms with Crippen molar-refractivity contribution in [2.75, 3.05) is 16.5 Å². The summed E-state index contributed by atoms with van der Waals surface area (Å²) in [6, 6.07) is 6.13. The lowest BCUT2D eigenvalue weighted by molar-refractivity contribution is -0.119. The van der Waals surface area contributed by atoms with E-state index in [-0.39, 0.29) is 11.8 Å². The van der Waals surface area contributed by atoms with Gasteiger partial charge in [-0.3, -0.25) is 4.79 Å². The van der Waals surface area contributed by atoms with Crippen molar-refractivity contribution in [2.45, 2.75) is 13.8 Å². The van der Waals surface area contributed by atoms with Crippen LogP contribution in [0.2, 0.25) is 0 Å². The summed E-state index contributed by atoms with van der Waals surface area (Å²) in [5, 5.41) is 6.08. The van der Waals surface area contributed by atoms with Crippen LogP contribution in [0.1, 0.15) is 11.1 Å². The van der Waals surface area contributed by atoms with E-state index in [0.29, 0.717) is 0 Å². The standard InChI is InChI=1S/C13H14N2OS/c1-8-3-4-9(2)12(5-8)15-13(16)10-6-17-7-11(10)14-15/h3-5,10H,6-7H2,1-2H3. The fourth-order valence-electron chi connectivity index (χ4n) is 2.24. The van der Waals surface area contributed by atoms with Crippen LogP contribution < -0.4 is 5.01 Å². The van der Waals surface area contributed by atoms with E-state index in [0.717, 1.165) is 34.0 Å². The molecular formula is C13H14N2OS. The first-order chi connectivity index (χ1) is 8.16. The monoisotopic (exact) mass is 246 g/mol. The first kappa shape index (κ1) is 10.8. The Balaban J connectivity index is 2.03. The molecule has 17 heavy (non-hydrogen) atoms. The van der Waals surface area contributed by atoms with Crippen LogP contribution in [0.25, 0.3) is 0 Å². The predicted octanol–water partition coefficient (Wildman–Crippen LogP) is 2.37. The summed E-state index contributed by atoms with van der Waals surface area (Å²) in [7, 11) is 0. The van der Waals surface area contributed by atoms with Crippen LogP contribution in [0.15, 0.2) is 23.3 Å². The summed E-state index contributed by atoms with van der Waals surface area (Å²) >= 11 is 1.80. The molecule has 2 heterocycles. The van der Waals surface area contributed by atoms with Gasteiger partial charge < -0.3 is 0 Å². The highest BCUT2D eigenvalue weighted by Crippen LogP contribution is 2.33. The molecule has 0 bridgehead atoms. The van der Waals surface area contributed by atoms with Crippen molar-refractivity contribution in [1.29, 1.82) is 0 Å². The lowest BCUT2D eigenvalue weighted by atomic mass is 10.1. The van der Waals surface area contributed by atoms with Gasteiger partial charge in [-0.15, -0.1) is 0 Å². The van der Waals surface area contributed by atoms with Crippen molar-refractivity contribution < 1.29 is 4.79 Å². The van der Waals surface area contributed by atoms with Crippen LogP contribution in [-0.2, 0) is 4.79 Å². The van der Waals surface area contributed by atoms with Gasteiger partial charge in [0, 0.05) is 11.5 Å². The van der Waals surface area contributed by atoms with E-state index >= 15 is 0 Å². The minimum absolute atomic E-state index is 0.0277. The number of benzene rings is 1. The summed E-state index contributed by atoms with van der Waals surface area (Å²) in [5.74, 6) is 1.95. The van der Waals surface area contributed by atoms with Gasteiger partial charge in [-0.05, 0) is 31.0 Å².